The maximum atomic E-state index is 10.9. The second-order valence-corrected chi connectivity index (χ2v) is 6.90. The fraction of sp³-hybridized carbons (Fsp3) is 0.556. The van der Waals surface area contributed by atoms with Gasteiger partial charge in [-0.25, -0.2) is 4.68 Å². The molecule has 1 fully saturated rings. The summed E-state index contributed by atoms with van der Waals surface area (Å²) in [5.41, 5.74) is 0.950. The van der Waals surface area contributed by atoms with Crippen molar-refractivity contribution in [1.82, 2.24) is 19.9 Å². The van der Waals surface area contributed by atoms with Crippen LogP contribution in [0.1, 0.15) is 37.6 Å². The maximum absolute atomic E-state index is 10.9. The summed E-state index contributed by atoms with van der Waals surface area (Å²) in [6.45, 7) is 8.95. The van der Waals surface area contributed by atoms with E-state index in [1.807, 2.05) is 38.2 Å². The number of ether oxygens (including phenoxy) is 1. The molecule has 0 radical (unpaired) electrons. The average Bonchev–Trinajstić information content (AvgIpc) is 3.16. The van der Waals surface area contributed by atoms with Gasteiger partial charge in [-0.15, -0.1) is 5.10 Å². The van der Waals surface area contributed by atoms with Gasteiger partial charge >= 0.3 is 0 Å². The van der Waals surface area contributed by atoms with Crippen LogP contribution < -0.4 is 4.74 Å². The number of benzene rings is 1. The highest BCUT2D eigenvalue weighted by atomic mass is 16.5. The largest absolute Gasteiger partial charge is 0.492 e. The van der Waals surface area contributed by atoms with Crippen LogP contribution in [0.3, 0.4) is 0 Å². The number of hydrogen-bond donors (Lipinski definition) is 1. The van der Waals surface area contributed by atoms with Gasteiger partial charge in [-0.05, 0) is 44.9 Å². The van der Waals surface area contributed by atoms with E-state index in [1.165, 1.54) is 5.56 Å². The van der Waals surface area contributed by atoms with Crippen molar-refractivity contribution in [3.63, 3.8) is 0 Å². The lowest BCUT2D eigenvalue weighted by Crippen LogP contribution is -2.33. The minimum atomic E-state index is -0.906. The molecule has 1 aliphatic rings. The molecule has 130 valence electrons. The molecule has 2 heterocycles. The zero-order valence-corrected chi connectivity index (χ0v) is 14.6. The van der Waals surface area contributed by atoms with Crippen LogP contribution in [0.15, 0.2) is 30.5 Å². The predicted molar refractivity (Wildman–Crippen MR) is 92.0 cm³/mol. The maximum Gasteiger partial charge on any atom is 0.124 e. The second kappa shape index (κ2) is 6.91. The van der Waals surface area contributed by atoms with E-state index in [4.69, 9.17) is 4.74 Å². The molecule has 1 aromatic heterocycles. The fourth-order valence-corrected chi connectivity index (χ4v) is 3.01. The first kappa shape index (κ1) is 16.9. The lowest BCUT2D eigenvalue weighted by Gasteiger charge is -2.21. The second-order valence-electron chi connectivity index (χ2n) is 6.90. The van der Waals surface area contributed by atoms with Crippen molar-refractivity contribution in [2.75, 3.05) is 26.2 Å². The van der Waals surface area contributed by atoms with Crippen LogP contribution in [-0.4, -0.2) is 51.2 Å². The van der Waals surface area contributed by atoms with E-state index >= 15 is 0 Å². The van der Waals surface area contributed by atoms with Gasteiger partial charge in [-0.3, -0.25) is 4.90 Å². The summed E-state index contributed by atoms with van der Waals surface area (Å²) < 4.78 is 7.59. The molecule has 6 heteroatoms. The zero-order valence-electron chi connectivity index (χ0n) is 14.6. The van der Waals surface area contributed by atoms with E-state index in [1.54, 1.807) is 4.68 Å². The van der Waals surface area contributed by atoms with Crippen LogP contribution >= 0.6 is 0 Å². The summed E-state index contributed by atoms with van der Waals surface area (Å²) in [5.74, 6) is 0.893. The third kappa shape index (κ3) is 3.76. The molecule has 2 aromatic rings. The molecule has 0 aliphatic carbocycles. The molecule has 0 saturated carbocycles. The van der Waals surface area contributed by atoms with Crippen LogP contribution in [0.4, 0.5) is 0 Å². The average molecular weight is 330 g/mol. The topological polar surface area (TPSA) is 63.4 Å². The molecule has 0 spiro atoms. The smallest absolute Gasteiger partial charge is 0.124 e. The molecule has 6 nitrogen and oxygen atoms in total. The SMILES string of the molecule is Cc1cccc(OCCN2CC[C@](O)(c3cn(C(C)C)nn3)C2)c1. The highest BCUT2D eigenvalue weighted by Gasteiger charge is 2.40. The van der Waals surface area contributed by atoms with Crippen molar-refractivity contribution in [2.24, 2.45) is 0 Å². The number of aryl methyl sites for hydroxylation is 1. The van der Waals surface area contributed by atoms with Gasteiger partial charge in [0.2, 0.25) is 0 Å². The first-order chi connectivity index (χ1) is 11.5. The molecule has 1 aromatic carbocycles. The van der Waals surface area contributed by atoms with E-state index in [0.29, 0.717) is 25.3 Å². The van der Waals surface area contributed by atoms with Crippen molar-refractivity contribution < 1.29 is 9.84 Å². The van der Waals surface area contributed by atoms with Crippen LogP contribution in [-0.2, 0) is 5.60 Å². The Morgan fingerprint density at radius 3 is 2.92 bits per heavy atom. The number of likely N-dealkylation sites (tertiary alicyclic amines) is 1. The van der Waals surface area contributed by atoms with Crippen molar-refractivity contribution >= 4 is 0 Å². The van der Waals surface area contributed by atoms with E-state index in [0.717, 1.165) is 18.8 Å². The highest BCUT2D eigenvalue weighted by Crippen LogP contribution is 2.30. The monoisotopic (exact) mass is 330 g/mol. The Morgan fingerprint density at radius 2 is 2.21 bits per heavy atom. The Hall–Kier alpha value is -1.92. The summed E-state index contributed by atoms with van der Waals surface area (Å²) in [7, 11) is 0. The normalized spacial score (nSPS) is 21.5. The summed E-state index contributed by atoms with van der Waals surface area (Å²) in [6, 6.07) is 8.30. The fourth-order valence-electron chi connectivity index (χ4n) is 3.01. The van der Waals surface area contributed by atoms with Crippen molar-refractivity contribution in [3.05, 3.63) is 41.7 Å². The van der Waals surface area contributed by atoms with Gasteiger partial charge in [-0.1, -0.05) is 17.3 Å². The number of aromatic nitrogens is 3. The van der Waals surface area contributed by atoms with Crippen LogP contribution in [0.2, 0.25) is 0 Å². The van der Waals surface area contributed by atoms with Gasteiger partial charge in [0.1, 0.15) is 23.7 Å². The third-order valence-corrected chi connectivity index (χ3v) is 4.51. The molecular formula is C18H26N4O2. The van der Waals surface area contributed by atoms with Crippen molar-refractivity contribution in [2.45, 2.75) is 38.8 Å². The van der Waals surface area contributed by atoms with E-state index in [9.17, 15) is 5.11 Å². The molecule has 1 atom stereocenters. The van der Waals surface area contributed by atoms with Gasteiger partial charge < -0.3 is 9.84 Å². The number of aliphatic hydroxyl groups is 1. The third-order valence-electron chi connectivity index (χ3n) is 4.51. The van der Waals surface area contributed by atoms with Gasteiger partial charge in [0.05, 0.1) is 6.20 Å². The first-order valence-electron chi connectivity index (χ1n) is 8.53. The van der Waals surface area contributed by atoms with E-state index < -0.39 is 5.60 Å². The van der Waals surface area contributed by atoms with E-state index in [-0.39, 0.29) is 6.04 Å². The number of nitrogens with zero attached hydrogens (tertiary/aromatic N) is 4. The molecule has 0 unspecified atom stereocenters. The zero-order chi connectivity index (χ0) is 17.2. The molecule has 0 bridgehead atoms. The summed E-state index contributed by atoms with van der Waals surface area (Å²) in [6.07, 6.45) is 2.53. The molecule has 1 saturated heterocycles. The lowest BCUT2D eigenvalue weighted by atomic mass is 10.00. The lowest BCUT2D eigenvalue weighted by molar-refractivity contribution is 0.0403. The number of hydrogen-bond acceptors (Lipinski definition) is 5. The highest BCUT2D eigenvalue weighted by molar-refractivity contribution is 5.27. The summed E-state index contributed by atoms with van der Waals surface area (Å²) in [5, 5.41) is 19.2. The van der Waals surface area contributed by atoms with Gasteiger partial charge in [0, 0.05) is 25.7 Å². The van der Waals surface area contributed by atoms with Crippen LogP contribution in [0, 0.1) is 6.92 Å². The van der Waals surface area contributed by atoms with Gasteiger partial charge in [0.25, 0.3) is 0 Å². The quantitative estimate of drug-likeness (QED) is 0.879. The standard InChI is InChI=1S/C18H26N4O2/c1-14(2)22-12-17(19-20-22)18(23)7-8-21(13-18)9-10-24-16-6-4-5-15(3)11-16/h4-6,11-12,14,23H,7-10,13H2,1-3H3/t18-/m1/s1. The first-order valence-corrected chi connectivity index (χ1v) is 8.53. The van der Waals surface area contributed by atoms with Crippen LogP contribution in [0.5, 0.6) is 5.75 Å². The Bertz CT molecular complexity index is 685. The van der Waals surface area contributed by atoms with Crippen LogP contribution in [0.25, 0.3) is 0 Å². The Morgan fingerprint density at radius 1 is 1.38 bits per heavy atom. The number of rotatable bonds is 6. The summed E-state index contributed by atoms with van der Waals surface area (Å²) in [4.78, 5) is 2.21. The Labute approximate surface area is 143 Å². The molecular weight excluding hydrogens is 304 g/mol. The Balaban J connectivity index is 1.52. The molecule has 24 heavy (non-hydrogen) atoms. The van der Waals surface area contributed by atoms with Crippen molar-refractivity contribution in [3.8, 4) is 5.75 Å². The molecule has 3 rings (SSSR count). The number of β-amino-alcohol motifs (C(OH)–C–C–N with tert-alkyl or cyclic N) is 1. The molecule has 1 N–H and O–H groups in total. The van der Waals surface area contributed by atoms with E-state index in [2.05, 4.69) is 28.2 Å². The minimum absolute atomic E-state index is 0.245. The minimum Gasteiger partial charge on any atom is -0.492 e. The molecule has 1 aliphatic heterocycles. The summed E-state index contributed by atoms with van der Waals surface area (Å²) >= 11 is 0. The van der Waals surface area contributed by atoms with Gasteiger partial charge in [0.15, 0.2) is 0 Å². The van der Waals surface area contributed by atoms with Gasteiger partial charge in [-0.2, -0.15) is 0 Å². The Kier molecular flexibility index (Phi) is 4.87. The predicted octanol–water partition coefficient (Wildman–Crippen LogP) is 2.14. The van der Waals surface area contributed by atoms with Crippen molar-refractivity contribution in [1.29, 1.82) is 0 Å². The molecule has 0 amide bonds.